The highest BCUT2D eigenvalue weighted by atomic mass is 32.2. The van der Waals surface area contributed by atoms with E-state index in [-0.39, 0.29) is 11.8 Å². The lowest BCUT2D eigenvalue weighted by atomic mass is 10.1. The molecule has 0 saturated heterocycles. The summed E-state index contributed by atoms with van der Waals surface area (Å²) < 4.78 is 30.7. The molecule has 1 aromatic carbocycles. The first-order valence-electron chi connectivity index (χ1n) is 8.02. The van der Waals surface area contributed by atoms with Crippen LogP contribution in [-0.4, -0.2) is 27.6 Å². The van der Waals surface area contributed by atoms with Gasteiger partial charge in [-0.25, -0.2) is 18.7 Å². The third-order valence-electron chi connectivity index (χ3n) is 3.79. The molecular formula is C16H19F2N7S. The van der Waals surface area contributed by atoms with Gasteiger partial charge in [0.2, 0.25) is 5.95 Å². The first-order chi connectivity index (χ1) is 12.6. The standard InChI is InChI=1S/C16H19F2N7S/c17-10-1-4-12(13(18)5-10)14(8-23-26-11-2-3-11)24-16-21-6-9(7-22-16)15(19)25-20/h1,4-7,11,14,23H,2-3,8,20H2,(H2,19,25)(H,21,22,24). The number of halogens is 2. The summed E-state index contributed by atoms with van der Waals surface area (Å²) in [5.41, 5.74) is 6.40. The second-order valence-electron chi connectivity index (χ2n) is 5.84. The molecule has 26 heavy (non-hydrogen) atoms. The third kappa shape index (κ3) is 4.79. The molecule has 2 aromatic rings. The molecule has 0 spiro atoms. The van der Waals surface area contributed by atoms with E-state index in [0.717, 1.165) is 6.07 Å². The number of anilines is 1. The van der Waals surface area contributed by atoms with Crippen LogP contribution < -0.4 is 21.6 Å². The molecule has 1 aromatic heterocycles. The van der Waals surface area contributed by atoms with Gasteiger partial charge in [-0.1, -0.05) is 18.0 Å². The van der Waals surface area contributed by atoms with Gasteiger partial charge in [0.1, 0.15) is 11.6 Å². The van der Waals surface area contributed by atoms with Crippen LogP contribution in [0.3, 0.4) is 0 Å². The van der Waals surface area contributed by atoms with Crippen molar-refractivity contribution in [1.29, 1.82) is 0 Å². The van der Waals surface area contributed by atoms with Crippen LogP contribution in [0.1, 0.15) is 30.0 Å². The summed E-state index contributed by atoms with van der Waals surface area (Å²) in [5.74, 6) is 4.26. The molecule has 6 N–H and O–H groups in total. The van der Waals surface area contributed by atoms with Gasteiger partial charge >= 0.3 is 0 Å². The van der Waals surface area contributed by atoms with Crippen LogP contribution in [0.25, 0.3) is 0 Å². The minimum absolute atomic E-state index is 0.111. The number of hydrazone groups is 1. The van der Waals surface area contributed by atoms with E-state index in [1.54, 1.807) is 11.9 Å². The van der Waals surface area contributed by atoms with Gasteiger partial charge in [0.05, 0.1) is 11.6 Å². The van der Waals surface area contributed by atoms with Gasteiger partial charge in [0, 0.05) is 35.8 Å². The molecule has 1 heterocycles. The molecule has 0 bridgehead atoms. The van der Waals surface area contributed by atoms with Crippen LogP contribution in [0.5, 0.6) is 0 Å². The van der Waals surface area contributed by atoms with Crippen molar-refractivity contribution in [2.45, 2.75) is 24.1 Å². The van der Waals surface area contributed by atoms with Crippen LogP contribution in [0.2, 0.25) is 0 Å². The highest BCUT2D eigenvalue weighted by Crippen LogP contribution is 2.32. The Kier molecular flexibility index (Phi) is 5.84. The van der Waals surface area contributed by atoms with E-state index in [2.05, 4.69) is 25.1 Å². The fourth-order valence-electron chi connectivity index (χ4n) is 2.22. The van der Waals surface area contributed by atoms with Gasteiger partial charge in [-0.15, -0.1) is 0 Å². The second-order valence-corrected chi connectivity index (χ2v) is 7.03. The lowest BCUT2D eigenvalue weighted by Crippen LogP contribution is -2.25. The van der Waals surface area contributed by atoms with E-state index in [0.29, 0.717) is 22.9 Å². The average Bonchev–Trinajstić information content (AvgIpc) is 3.45. The number of hydrogen-bond donors (Lipinski definition) is 4. The quantitative estimate of drug-likeness (QED) is 0.182. The maximum atomic E-state index is 14.2. The van der Waals surface area contributed by atoms with Gasteiger partial charge in [-0.05, 0) is 18.9 Å². The Morgan fingerprint density at radius 3 is 2.65 bits per heavy atom. The topological polar surface area (TPSA) is 114 Å². The van der Waals surface area contributed by atoms with Crippen molar-refractivity contribution >= 4 is 23.7 Å². The first-order valence-corrected chi connectivity index (χ1v) is 8.90. The summed E-state index contributed by atoms with van der Waals surface area (Å²) in [6.07, 6.45) is 5.28. The Morgan fingerprint density at radius 1 is 1.31 bits per heavy atom. The third-order valence-corrected chi connectivity index (χ3v) is 4.93. The van der Waals surface area contributed by atoms with Gasteiger partial charge in [-0.2, -0.15) is 5.10 Å². The minimum Gasteiger partial charge on any atom is -0.382 e. The van der Waals surface area contributed by atoms with Crippen molar-refractivity contribution in [1.82, 2.24) is 14.7 Å². The Labute approximate surface area is 153 Å². The molecule has 1 atom stereocenters. The van der Waals surface area contributed by atoms with Gasteiger partial charge < -0.3 is 16.9 Å². The molecule has 3 rings (SSSR count). The average molecular weight is 379 g/mol. The molecule has 1 aliphatic carbocycles. The zero-order chi connectivity index (χ0) is 18.5. The molecule has 0 aliphatic heterocycles. The van der Waals surface area contributed by atoms with E-state index in [1.165, 1.54) is 37.4 Å². The van der Waals surface area contributed by atoms with Crippen molar-refractivity contribution in [2.24, 2.45) is 16.7 Å². The number of hydrogen-bond acceptors (Lipinski definition) is 7. The smallest absolute Gasteiger partial charge is 0.223 e. The van der Waals surface area contributed by atoms with Crippen LogP contribution in [-0.2, 0) is 0 Å². The number of rotatable bonds is 8. The first kappa shape index (κ1) is 18.3. The lowest BCUT2D eigenvalue weighted by molar-refractivity contribution is 0.560. The minimum atomic E-state index is -0.628. The molecule has 1 unspecified atom stereocenters. The van der Waals surface area contributed by atoms with E-state index in [4.69, 9.17) is 11.6 Å². The number of nitrogens with one attached hydrogen (secondary N) is 2. The molecule has 138 valence electrons. The number of aromatic nitrogens is 2. The fourth-order valence-corrected chi connectivity index (χ4v) is 3.09. The Bertz CT molecular complexity index is 781. The molecule has 10 heteroatoms. The molecule has 7 nitrogen and oxygen atoms in total. The summed E-state index contributed by atoms with van der Waals surface area (Å²) in [7, 11) is 0. The van der Waals surface area contributed by atoms with Crippen LogP contribution in [0.15, 0.2) is 35.7 Å². The van der Waals surface area contributed by atoms with Crippen molar-refractivity contribution in [3.63, 3.8) is 0 Å². The number of benzene rings is 1. The predicted molar refractivity (Wildman–Crippen MR) is 98.3 cm³/mol. The largest absolute Gasteiger partial charge is 0.382 e. The van der Waals surface area contributed by atoms with Crippen LogP contribution in [0.4, 0.5) is 14.7 Å². The van der Waals surface area contributed by atoms with E-state index in [1.807, 2.05) is 0 Å². The SMILES string of the molecule is N/N=C(\N)c1cnc(NC(CNSC2CC2)c2ccc(F)cc2F)nc1. The summed E-state index contributed by atoms with van der Waals surface area (Å²) in [6, 6.07) is 3.02. The summed E-state index contributed by atoms with van der Waals surface area (Å²) in [6.45, 7) is 0.418. The second kappa shape index (κ2) is 8.28. The lowest BCUT2D eigenvalue weighted by Gasteiger charge is -2.20. The summed E-state index contributed by atoms with van der Waals surface area (Å²) in [4.78, 5) is 8.29. The number of amidine groups is 1. The van der Waals surface area contributed by atoms with Gasteiger partial charge in [-0.3, -0.25) is 4.72 Å². The highest BCUT2D eigenvalue weighted by molar-refractivity contribution is 7.98. The maximum Gasteiger partial charge on any atom is 0.223 e. The van der Waals surface area contributed by atoms with Crippen LogP contribution in [0, 0.1) is 11.6 Å². The molecule has 1 fully saturated rings. The Morgan fingerprint density at radius 2 is 2.04 bits per heavy atom. The maximum absolute atomic E-state index is 14.2. The summed E-state index contributed by atoms with van der Waals surface area (Å²) in [5, 5.41) is 7.04. The monoisotopic (exact) mass is 379 g/mol. The Hall–Kier alpha value is -2.46. The number of nitrogens with zero attached hydrogens (tertiary/aromatic N) is 3. The van der Waals surface area contributed by atoms with Crippen LogP contribution >= 0.6 is 11.9 Å². The number of nitrogens with two attached hydrogens (primary N) is 2. The van der Waals surface area contributed by atoms with Crippen molar-refractivity contribution in [3.8, 4) is 0 Å². The van der Waals surface area contributed by atoms with Crippen molar-refractivity contribution in [2.75, 3.05) is 11.9 Å². The van der Waals surface area contributed by atoms with Gasteiger partial charge in [0.15, 0.2) is 5.84 Å². The van der Waals surface area contributed by atoms with E-state index < -0.39 is 17.7 Å². The van der Waals surface area contributed by atoms with Crippen molar-refractivity contribution in [3.05, 3.63) is 53.4 Å². The molecular weight excluding hydrogens is 360 g/mol. The Balaban J connectivity index is 1.75. The van der Waals surface area contributed by atoms with E-state index >= 15 is 0 Å². The predicted octanol–water partition coefficient (Wildman–Crippen LogP) is 1.89. The molecule has 1 aliphatic rings. The molecule has 1 saturated carbocycles. The highest BCUT2D eigenvalue weighted by Gasteiger charge is 2.23. The zero-order valence-corrected chi connectivity index (χ0v) is 14.6. The zero-order valence-electron chi connectivity index (χ0n) is 13.8. The van der Waals surface area contributed by atoms with E-state index in [9.17, 15) is 8.78 Å². The molecule has 0 amide bonds. The normalized spacial score (nSPS) is 15.7. The van der Waals surface area contributed by atoms with Crippen molar-refractivity contribution < 1.29 is 8.78 Å². The fraction of sp³-hybridized carbons (Fsp3) is 0.312. The molecule has 0 radical (unpaired) electrons. The summed E-state index contributed by atoms with van der Waals surface area (Å²) >= 11 is 1.62. The van der Waals surface area contributed by atoms with Gasteiger partial charge in [0.25, 0.3) is 0 Å².